The Balaban J connectivity index is 1.96. The average Bonchev–Trinajstić information content (AvgIpc) is 2.95. The molecule has 236 valence electrons. The molecule has 2 fully saturated rings. The number of esters is 1. The number of allylic oxidation sites excluding steroid dienone is 4. The molecule has 3 rings (SSSR count). The quantitative estimate of drug-likeness (QED) is 0.118. The van der Waals surface area contributed by atoms with Crippen LogP contribution in [0.25, 0.3) is 0 Å². The molecule has 13 nitrogen and oxygen atoms in total. The fourth-order valence-electron chi connectivity index (χ4n) is 4.55. The predicted octanol–water partition coefficient (Wildman–Crippen LogP) is -1.16. The summed E-state index contributed by atoms with van der Waals surface area (Å²) < 4.78 is 22.1. The SMILES string of the molecule is CC(C)=CCc1cc(C(=O)OCC2OC(O)C(O)C(O)C2O)cc(CC=C(C)C)c1OC1OC(CO)C(O)C(O)C1O. The van der Waals surface area contributed by atoms with Gasteiger partial charge in [0.05, 0.1) is 12.2 Å². The van der Waals surface area contributed by atoms with Crippen molar-refractivity contribution in [2.45, 2.75) is 102 Å². The van der Waals surface area contributed by atoms with Crippen LogP contribution in [0.5, 0.6) is 5.75 Å². The highest BCUT2D eigenvalue weighted by Crippen LogP contribution is 2.33. The molecule has 0 spiro atoms. The zero-order valence-electron chi connectivity index (χ0n) is 24.0. The summed E-state index contributed by atoms with van der Waals surface area (Å²) in [4.78, 5) is 13.2. The lowest BCUT2D eigenvalue weighted by Gasteiger charge is -2.40. The third kappa shape index (κ3) is 8.14. The molecule has 0 bridgehead atoms. The fraction of sp³-hybridized carbons (Fsp3) is 0.621. The molecule has 0 amide bonds. The molecule has 2 saturated heterocycles. The maximum atomic E-state index is 13.2. The Kier molecular flexibility index (Phi) is 12.0. The van der Waals surface area contributed by atoms with E-state index in [2.05, 4.69) is 0 Å². The third-order valence-electron chi connectivity index (χ3n) is 7.09. The van der Waals surface area contributed by atoms with E-state index in [0.717, 1.165) is 11.1 Å². The lowest BCUT2D eigenvalue weighted by Crippen LogP contribution is -2.60. The summed E-state index contributed by atoms with van der Waals surface area (Å²) >= 11 is 0. The molecule has 0 aliphatic carbocycles. The highest BCUT2D eigenvalue weighted by molar-refractivity contribution is 5.90. The van der Waals surface area contributed by atoms with Crippen LogP contribution in [0.2, 0.25) is 0 Å². The van der Waals surface area contributed by atoms with Crippen LogP contribution in [0.4, 0.5) is 0 Å². The highest BCUT2D eigenvalue weighted by atomic mass is 16.7. The summed E-state index contributed by atoms with van der Waals surface area (Å²) in [5.41, 5.74) is 3.05. The van der Waals surface area contributed by atoms with E-state index in [0.29, 0.717) is 24.0 Å². The summed E-state index contributed by atoms with van der Waals surface area (Å²) in [5.74, 6) is -0.547. The maximum absolute atomic E-state index is 13.2. The number of hydrogen-bond donors (Lipinski definition) is 8. The molecular weight excluding hydrogens is 556 g/mol. The van der Waals surface area contributed by atoms with Gasteiger partial charge in [0.25, 0.3) is 0 Å². The van der Waals surface area contributed by atoms with Gasteiger partial charge in [0.15, 0.2) is 6.29 Å². The van der Waals surface area contributed by atoms with E-state index in [1.807, 2.05) is 39.8 Å². The Labute approximate surface area is 243 Å². The molecule has 1 aromatic rings. The monoisotopic (exact) mass is 598 g/mol. The minimum atomic E-state index is -1.78. The van der Waals surface area contributed by atoms with Crippen molar-refractivity contribution >= 4 is 5.97 Å². The molecule has 2 heterocycles. The Bertz CT molecular complexity index is 1080. The van der Waals surface area contributed by atoms with E-state index in [1.54, 1.807) is 0 Å². The number of ether oxygens (including phenoxy) is 4. The summed E-state index contributed by atoms with van der Waals surface area (Å²) in [7, 11) is 0. The summed E-state index contributed by atoms with van der Waals surface area (Å²) in [6.07, 6.45) is -11.3. The van der Waals surface area contributed by atoms with Gasteiger partial charge in [-0.1, -0.05) is 23.3 Å². The number of benzene rings is 1. The number of aliphatic hydroxyl groups is 8. The van der Waals surface area contributed by atoms with Crippen molar-refractivity contribution in [3.8, 4) is 5.75 Å². The molecule has 42 heavy (non-hydrogen) atoms. The molecule has 10 atom stereocenters. The van der Waals surface area contributed by atoms with Crippen molar-refractivity contribution in [2.75, 3.05) is 13.2 Å². The van der Waals surface area contributed by atoms with Crippen molar-refractivity contribution in [3.05, 3.63) is 52.1 Å². The van der Waals surface area contributed by atoms with Gasteiger partial charge >= 0.3 is 5.97 Å². The van der Waals surface area contributed by atoms with Crippen LogP contribution in [0, 0.1) is 0 Å². The third-order valence-corrected chi connectivity index (χ3v) is 7.09. The van der Waals surface area contributed by atoms with Gasteiger partial charge in [-0.05, 0) is 63.8 Å². The van der Waals surface area contributed by atoms with Crippen LogP contribution >= 0.6 is 0 Å². The van der Waals surface area contributed by atoms with Crippen molar-refractivity contribution in [3.63, 3.8) is 0 Å². The number of carbonyl (C=O) groups is 1. The van der Waals surface area contributed by atoms with Crippen LogP contribution in [0.1, 0.15) is 49.2 Å². The van der Waals surface area contributed by atoms with Crippen LogP contribution in [0.3, 0.4) is 0 Å². The minimum Gasteiger partial charge on any atom is -0.461 e. The minimum absolute atomic E-state index is 0.108. The highest BCUT2D eigenvalue weighted by Gasteiger charge is 2.45. The molecule has 10 unspecified atom stereocenters. The van der Waals surface area contributed by atoms with Gasteiger partial charge in [0.2, 0.25) is 6.29 Å². The normalized spacial score (nSPS) is 33.0. The van der Waals surface area contributed by atoms with Crippen molar-refractivity contribution in [2.24, 2.45) is 0 Å². The van der Waals surface area contributed by atoms with Crippen LogP contribution in [-0.2, 0) is 27.1 Å². The molecule has 1 aromatic carbocycles. The van der Waals surface area contributed by atoms with Gasteiger partial charge in [-0.2, -0.15) is 0 Å². The first-order valence-corrected chi connectivity index (χ1v) is 13.7. The van der Waals surface area contributed by atoms with E-state index < -0.39 is 80.6 Å². The van der Waals surface area contributed by atoms with E-state index in [9.17, 15) is 45.6 Å². The van der Waals surface area contributed by atoms with E-state index in [4.69, 9.17) is 18.9 Å². The summed E-state index contributed by atoms with van der Waals surface area (Å²) in [6.45, 7) is 6.38. The van der Waals surface area contributed by atoms with Crippen LogP contribution in [0.15, 0.2) is 35.4 Å². The van der Waals surface area contributed by atoms with Gasteiger partial charge < -0.3 is 59.8 Å². The Morgan fingerprint density at radius 3 is 1.81 bits per heavy atom. The zero-order valence-corrected chi connectivity index (χ0v) is 24.0. The first kappa shape index (κ1) is 34.1. The Morgan fingerprint density at radius 1 is 0.762 bits per heavy atom. The Hall–Kier alpha value is -2.43. The standard InChI is InChI=1S/C29H42O13/c1-13(2)5-7-15-9-17(27(37)39-12-19-21(32)22(33)24(35)28(38)40-19)10-16(8-6-14(3)4)26(15)42-29-25(36)23(34)20(31)18(11-30)41-29/h5-6,9-10,18-25,28-36,38H,7-8,11-12H2,1-4H3. The molecule has 8 N–H and O–H groups in total. The van der Waals surface area contributed by atoms with Gasteiger partial charge in [0, 0.05) is 0 Å². The topological polar surface area (TPSA) is 216 Å². The van der Waals surface area contributed by atoms with Crippen LogP contribution in [-0.4, -0.2) is 121 Å². The van der Waals surface area contributed by atoms with E-state index in [1.165, 1.54) is 12.1 Å². The first-order chi connectivity index (χ1) is 19.7. The lowest BCUT2D eigenvalue weighted by molar-refractivity contribution is -0.286. The van der Waals surface area contributed by atoms with Crippen molar-refractivity contribution in [1.82, 2.24) is 0 Å². The van der Waals surface area contributed by atoms with Crippen LogP contribution < -0.4 is 4.74 Å². The summed E-state index contributed by atoms with van der Waals surface area (Å²) in [6, 6.07) is 3.03. The van der Waals surface area contributed by atoms with Gasteiger partial charge in [0.1, 0.15) is 61.2 Å². The van der Waals surface area contributed by atoms with Crippen molar-refractivity contribution in [1.29, 1.82) is 0 Å². The Morgan fingerprint density at radius 2 is 1.29 bits per heavy atom. The molecule has 13 heteroatoms. The summed E-state index contributed by atoms with van der Waals surface area (Å²) in [5, 5.41) is 80.1. The van der Waals surface area contributed by atoms with Gasteiger partial charge in [-0.15, -0.1) is 0 Å². The van der Waals surface area contributed by atoms with E-state index >= 15 is 0 Å². The molecule has 2 aliphatic heterocycles. The van der Waals surface area contributed by atoms with E-state index in [-0.39, 0.29) is 11.3 Å². The number of rotatable bonds is 10. The lowest BCUT2D eigenvalue weighted by atomic mass is 9.97. The number of aliphatic hydroxyl groups excluding tert-OH is 8. The molecule has 0 radical (unpaired) electrons. The van der Waals surface area contributed by atoms with Gasteiger partial charge in [-0.25, -0.2) is 4.79 Å². The second-order valence-corrected chi connectivity index (χ2v) is 11.0. The second kappa shape index (κ2) is 14.8. The smallest absolute Gasteiger partial charge is 0.338 e. The molecular formula is C29H42O13. The molecule has 0 saturated carbocycles. The molecule has 2 aliphatic rings. The fourth-order valence-corrected chi connectivity index (χ4v) is 4.55. The first-order valence-electron chi connectivity index (χ1n) is 13.7. The zero-order chi connectivity index (χ0) is 31.3. The maximum Gasteiger partial charge on any atom is 0.338 e. The average molecular weight is 599 g/mol. The predicted molar refractivity (Wildman–Crippen MR) is 146 cm³/mol. The van der Waals surface area contributed by atoms with Crippen molar-refractivity contribution < 1.29 is 64.6 Å². The van der Waals surface area contributed by atoms with Gasteiger partial charge in [-0.3, -0.25) is 0 Å². The molecule has 0 aromatic heterocycles. The second-order valence-electron chi connectivity index (χ2n) is 11.0. The number of hydrogen-bond acceptors (Lipinski definition) is 13. The number of carbonyl (C=O) groups excluding carboxylic acids is 1. The largest absolute Gasteiger partial charge is 0.461 e.